The SMILES string of the molecule is O=C(O)c1cccc2c1CN(C(=O)OCc1ccccc1)C2. The lowest BCUT2D eigenvalue weighted by Crippen LogP contribution is -2.26. The van der Waals surface area contributed by atoms with Crippen molar-refractivity contribution in [1.29, 1.82) is 0 Å². The van der Waals surface area contributed by atoms with E-state index in [4.69, 9.17) is 4.74 Å². The highest BCUT2D eigenvalue weighted by atomic mass is 16.6. The zero-order valence-corrected chi connectivity index (χ0v) is 11.9. The standard InChI is InChI=1S/C17H15NO4/c19-16(20)14-8-4-7-13-9-18(10-15(13)14)17(21)22-11-12-5-2-1-3-6-12/h1-8H,9-11H2,(H,19,20). The highest BCUT2D eigenvalue weighted by Crippen LogP contribution is 2.26. The molecule has 0 fully saturated rings. The normalized spacial score (nSPS) is 12.8. The molecule has 0 unspecified atom stereocenters. The fourth-order valence-corrected chi connectivity index (χ4v) is 2.56. The second-order valence-electron chi connectivity index (χ2n) is 5.14. The number of hydrogen-bond donors (Lipinski definition) is 1. The molecular formula is C17H15NO4. The zero-order chi connectivity index (χ0) is 15.5. The van der Waals surface area contributed by atoms with Crippen molar-refractivity contribution < 1.29 is 19.4 Å². The molecule has 5 heteroatoms. The third kappa shape index (κ3) is 2.79. The van der Waals surface area contributed by atoms with E-state index in [0.717, 1.165) is 11.1 Å². The number of benzene rings is 2. The third-order valence-electron chi connectivity index (χ3n) is 3.68. The molecule has 1 aliphatic rings. The van der Waals surface area contributed by atoms with E-state index < -0.39 is 12.1 Å². The molecule has 0 spiro atoms. The van der Waals surface area contributed by atoms with Gasteiger partial charge in [-0.15, -0.1) is 0 Å². The Bertz CT molecular complexity index is 712. The van der Waals surface area contributed by atoms with Gasteiger partial charge in [0.25, 0.3) is 0 Å². The van der Waals surface area contributed by atoms with E-state index in [1.54, 1.807) is 12.1 Å². The average Bonchev–Trinajstić information content (AvgIpc) is 2.97. The number of ether oxygens (including phenoxy) is 1. The molecule has 0 radical (unpaired) electrons. The number of hydrogen-bond acceptors (Lipinski definition) is 3. The quantitative estimate of drug-likeness (QED) is 0.945. The van der Waals surface area contributed by atoms with Crippen molar-refractivity contribution in [1.82, 2.24) is 4.90 Å². The van der Waals surface area contributed by atoms with Gasteiger partial charge in [0, 0.05) is 6.54 Å². The van der Waals surface area contributed by atoms with Crippen LogP contribution in [0.4, 0.5) is 4.79 Å². The first kappa shape index (κ1) is 14.1. The first-order valence-corrected chi connectivity index (χ1v) is 6.95. The lowest BCUT2D eigenvalue weighted by atomic mass is 10.0. The van der Waals surface area contributed by atoms with Gasteiger partial charge in [-0.05, 0) is 22.8 Å². The van der Waals surface area contributed by atoms with Crippen LogP contribution in [-0.2, 0) is 24.4 Å². The molecule has 0 saturated heterocycles. The van der Waals surface area contributed by atoms with Crippen LogP contribution in [0, 0.1) is 0 Å². The van der Waals surface area contributed by atoms with Crippen LogP contribution < -0.4 is 0 Å². The lowest BCUT2D eigenvalue weighted by molar-refractivity contribution is 0.0693. The Kier molecular flexibility index (Phi) is 3.78. The number of fused-ring (bicyclic) bond motifs is 1. The maximum Gasteiger partial charge on any atom is 0.410 e. The Hall–Kier alpha value is -2.82. The summed E-state index contributed by atoms with van der Waals surface area (Å²) >= 11 is 0. The molecule has 22 heavy (non-hydrogen) atoms. The summed E-state index contributed by atoms with van der Waals surface area (Å²) < 4.78 is 5.28. The summed E-state index contributed by atoms with van der Waals surface area (Å²) in [6, 6.07) is 14.5. The molecule has 0 atom stereocenters. The zero-order valence-electron chi connectivity index (χ0n) is 11.9. The van der Waals surface area contributed by atoms with Crippen LogP contribution >= 0.6 is 0 Å². The molecule has 1 aliphatic heterocycles. The number of carboxylic acids is 1. The average molecular weight is 297 g/mol. The summed E-state index contributed by atoms with van der Waals surface area (Å²) in [7, 11) is 0. The van der Waals surface area contributed by atoms with Crippen molar-refractivity contribution in [3.8, 4) is 0 Å². The highest BCUT2D eigenvalue weighted by Gasteiger charge is 2.28. The van der Waals surface area contributed by atoms with E-state index >= 15 is 0 Å². The molecule has 0 saturated carbocycles. The molecule has 112 valence electrons. The van der Waals surface area contributed by atoms with Gasteiger partial charge in [-0.3, -0.25) is 4.90 Å². The Labute approximate surface area is 127 Å². The Balaban J connectivity index is 1.67. The fraction of sp³-hybridized carbons (Fsp3) is 0.176. The van der Waals surface area contributed by atoms with E-state index in [9.17, 15) is 14.7 Å². The molecule has 2 aromatic rings. The van der Waals surface area contributed by atoms with Crippen molar-refractivity contribution in [2.45, 2.75) is 19.7 Å². The Morgan fingerprint density at radius 3 is 2.55 bits per heavy atom. The van der Waals surface area contributed by atoms with Crippen LogP contribution in [0.1, 0.15) is 27.0 Å². The van der Waals surface area contributed by atoms with Gasteiger partial charge in [-0.1, -0.05) is 42.5 Å². The third-order valence-corrected chi connectivity index (χ3v) is 3.68. The van der Waals surface area contributed by atoms with Gasteiger partial charge in [0.1, 0.15) is 6.61 Å². The molecule has 3 rings (SSSR count). The van der Waals surface area contributed by atoms with Crippen LogP contribution in [0.2, 0.25) is 0 Å². The lowest BCUT2D eigenvalue weighted by Gasteiger charge is -2.15. The first-order chi connectivity index (χ1) is 10.6. The predicted molar refractivity (Wildman–Crippen MR) is 79.3 cm³/mol. The maximum atomic E-state index is 12.1. The van der Waals surface area contributed by atoms with Crippen molar-refractivity contribution in [2.24, 2.45) is 0 Å². The second-order valence-corrected chi connectivity index (χ2v) is 5.14. The first-order valence-electron chi connectivity index (χ1n) is 6.95. The molecule has 2 aromatic carbocycles. The van der Waals surface area contributed by atoms with E-state index in [0.29, 0.717) is 12.1 Å². The molecule has 0 aromatic heterocycles. The number of carbonyl (C=O) groups is 2. The van der Waals surface area contributed by atoms with E-state index in [2.05, 4.69) is 0 Å². The molecule has 5 nitrogen and oxygen atoms in total. The van der Waals surface area contributed by atoms with Gasteiger partial charge < -0.3 is 9.84 Å². The van der Waals surface area contributed by atoms with Crippen LogP contribution in [-0.4, -0.2) is 22.1 Å². The van der Waals surface area contributed by atoms with Crippen molar-refractivity contribution >= 4 is 12.1 Å². The van der Waals surface area contributed by atoms with Crippen LogP contribution in [0.15, 0.2) is 48.5 Å². The smallest absolute Gasteiger partial charge is 0.410 e. The van der Waals surface area contributed by atoms with E-state index in [1.165, 1.54) is 4.90 Å². The summed E-state index contributed by atoms with van der Waals surface area (Å²) in [4.78, 5) is 24.9. The van der Waals surface area contributed by atoms with Crippen molar-refractivity contribution in [3.63, 3.8) is 0 Å². The molecule has 0 bridgehead atoms. The summed E-state index contributed by atoms with van der Waals surface area (Å²) in [5.74, 6) is -0.976. The Morgan fingerprint density at radius 1 is 1.05 bits per heavy atom. The van der Waals surface area contributed by atoms with Crippen LogP contribution in [0.25, 0.3) is 0 Å². The minimum atomic E-state index is -0.976. The number of carboxylic acid groups (broad SMARTS) is 1. The van der Waals surface area contributed by atoms with Gasteiger partial charge in [-0.25, -0.2) is 9.59 Å². The van der Waals surface area contributed by atoms with E-state index in [1.807, 2.05) is 36.4 Å². The van der Waals surface area contributed by atoms with Crippen LogP contribution in [0.5, 0.6) is 0 Å². The Morgan fingerprint density at radius 2 is 1.82 bits per heavy atom. The topological polar surface area (TPSA) is 66.8 Å². The summed E-state index contributed by atoms with van der Waals surface area (Å²) in [5.41, 5.74) is 2.71. The molecule has 1 N–H and O–H groups in total. The largest absolute Gasteiger partial charge is 0.478 e. The number of nitrogens with zero attached hydrogens (tertiary/aromatic N) is 1. The molecular weight excluding hydrogens is 282 g/mol. The monoisotopic (exact) mass is 297 g/mol. The molecule has 1 heterocycles. The van der Waals surface area contributed by atoms with Gasteiger partial charge in [0.05, 0.1) is 12.1 Å². The summed E-state index contributed by atoms with van der Waals surface area (Å²) in [5, 5.41) is 9.19. The minimum Gasteiger partial charge on any atom is -0.478 e. The summed E-state index contributed by atoms with van der Waals surface area (Å²) in [6.45, 7) is 0.855. The van der Waals surface area contributed by atoms with Gasteiger partial charge in [0.2, 0.25) is 0 Å². The molecule has 1 amide bonds. The van der Waals surface area contributed by atoms with Gasteiger partial charge >= 0.3 is 12.1 Å². The summed E-state index contributed by atoms with van der Waals surface area (Å²) in [6.07, 6.45) is -0.434. The predicted octanol–water partition coefficient (Wildman–Crippen LogP) is 3.04. The van der Waals surface area contributed by atoms with Gasteiger partial charge in [-0.2, -0.15) is 0 Å². The number of amides is 1. The van der Waals surface area contributed by atoms with E-state index in [-0.39, 0.29) is 18.7 Å². The number of carbonyl (C=O) groups excluding carboxylic acids is 1. The van der Waals surface area contributed by atoms with Crippen molar-refractivity contribution in [3.05, 3.63) is 70.8 Å². The number of aromatic carboxylic acids is 1. The fourth-order valence-electron chi connectivity index (χ4n) is 2.56. The van der Waals surface area contributed by atoms with Gasteiger partial charge in [0.15, 0.2) is 0 Å². The van der Waals surface area contributed by atoms with Crippen molar-refractivity contribution in [2.75, 3.05) is 0 Å². The second kappa shape index (κ2) is 5.89. The molecule has 0 aliphatic carbocycles. The number of rotatable bonds is 3. The maximum absolute atomic E-state index is 12.1. The highest BCUT2D eigenvalue weighted by molar-refractivity contribution is 5.90. The minimum absolute atomic E-state index is 0.207. The van der Waals surface area contributed by atoms with Crippen LogP contribution in [0.3, 0.4) is 0 Å².